The van der Waals surface area contributed by atoms with Crippen molar-refractivity contribution in [2.24, 2.45) is 0 Å². The molecule has 0 unspecified atom stereocenters. The predicted molar refractivity (Wildman–Crippen MR) is 76.0 cm³/mol. The molecule has 0 radical (unpaired) electrons. The molecule has 3 nitrogen and oxygen atoms in total. The molecule has 1 aliphatic rings. The molecule has 0 atom stereocenters. The summed E-state index contributed by atoms with van der Waals surface area (Å²) in [5.41, 5.74) is 3.62. The molecule has 1 heterocycles. The van der Waals surface area contributed by atoms with Crippen molar-refractivity contribution in [1.82, 2.24) is 0 Å². The minimum atomic E-state index is 0.0150. The first-order valence-electron chi connectivity index (χ1n) is 6.75. The summed E-state index contributed by atoms with van der Waals surface area (Å²) in [6.07, 6.45) is 0. The van der Waals surface area contributed by atoms with Gasteiger partial charge in [0.05, 0.1) is 19.8 Å². The Morgan fingerprint density at radius 3 is 2.75 bits per heavy atom. The van der Waals surface area contributed by atoms with Crippen molar-refractivity contribution in [3.63, 3.8) is 0 Å². The number of carbonyl (C=O) groups excluding carboxylic acids is 1. The minimum Gasteiger partial charge on any atom is -0.494 e. The summed E-state index contributed by atoms with van der Waals surface area (Å²) in [6.45, 7) is 3.75. The van der Waals surface area contributed by atoms with Crippen LogP contribution in [0, 0.1) is 0 Å². The lowest BCUT2D eigenvalue weighted by atomic mass is 9.99. The number of ketones is 1. The van der Waals surface area contributed by atoms with Gasteiger partial charge in [-0.1, -0.05) is 24.3 Å². The molecule has 1 aliphatic heterocycles. The lowest BCUT2D eigenvalue weighted by Crippen LogP contribution is -2.03. The van der Waals surface area contributed by atoms with Gasteiger partial charge < -0.3 is 9.47 Å². The highest BCUT2D eigenvalue weighted by atomic mass is 16.5. The summed E-state index contributed by atoms with van der Waals surface area (Å²) >= 11 is 0. The van der Waals surface area contributed by atoms with E-state index >= 15 is 0 Å². The van der Waals surface area contributed by atoms with E-state index in [1.165, 1.54) is 5.56 Å². The molecule has 2 aromatic rings. The molecule has 0 amide bonds. The van der Waals surface area contributed by atoms with Crippen LogP contribution in [0.5, 0.6) is 5.75 Å². The highest BCUT2D eigenvalue weighted by Crippen LogP contribution is 2.23. The average Bonchev–Trinajstić information content (AvgIpc) is 2.94. The van der Waals surface area contributed by atoms with Gasteiger partial charge in [0.15, 0.2) is 5.78 Å². The fourth-order valence-corrected chi connectivity index (χ4v) is 2.37. The standard InChI is InChI=1S/C17H16O3/c1-2-20-16-5-3-4-12(9-16)17(18)13-6-7-14-10-19-11-15(14)8-13/h3-9H,2,10-11H2,1H3. The fraction of sp³-hybridized carbons (Fsp3) is 0.235. The maximum absolute atomic E-state index is 12.5. The van der Waals surface area contributed by atoms with Gasteiger partial charge >= 0.3 is 0 Å². The molecule has 0 saturated carbocycles. The van der Waals surface area contributed by atoms with Gasteiger partial charge in [-0.05, 0) is 36.2 Å². The van der Waals surface area contributed by atoms with Crippen LogP contribution in [0.4, 0.5) is 0 Å². The predicted octanol–water partition coefficient (Wildman–Crippen LogP) is 3.35. The molecule has 3 rings (SSSR count). The molecule has 0 aromatic heterocycles. The van der Waals surface area contributed by atoms with E-state index in [0.717, 1.165) is 11.3 Å². The Morgan fingerprint density at radius 2 is 1.90 bits per heavy atom. The molecule has 0 aliphatic carbocycles. The highest BCUT2D eigenvalue weighted by Gasteiger charge is 2.15. The van der Waals surface area contributed by atoms with E-state index in [4.69, 9.17) is 9.47 Å². The number of rotatable bonds is 4. The molecule has 0 bridgehead atoms. The SMILES string of the molecule is CCOc1cccc(C(=O)c2ccc3c(c2)COC3)c1. The second-order valence-electron chi connectivity index (χ2n) is 4.77. The van der Waals surface area contributed by atoms with E-state index < -0.39 is 0 Å². The first-order valence-corrected chi connectivity index (χ1v) is 6.75. The number of benzene rings is 2. The zero-order chi connectivity index (χ0) is 13.9. The monoisotopic (exact) mass is 268 g/mol. The zero-order valence-corrected chi connectivity index (χ0v) is 11.4. The van der Waals surface area contributed by atoms with Crippen molar-refractivity contribution in [3.05, 3.63) is 64.7 Å². The molecule has 0 N–H and O–H groups in total. The third-order valence-corrected chi connectivity index (χ3v) is 3.39. The first kappa shape index (κ1) is 12.9. The summed E-state index contributed by atoms with van der Waals surface area (Å²) in [4.78, 5) is 12.5. The molecule has 2 aromatic carbocycles. The van der Waals surface area contributed by atoms with Crippen LogP contribution >= 0.6 is 0 Å². The third kappa shape index (κ3) is 2.45. The van der Waals surface area contributed by atoms with Gasteiger partial charge in [0.25, 0.3) is 0 Å². The summed E-state index contributed by atoms with van der Waals surface area (Å²) in [7, 11) is 0. The molecule has 102 valence electrons. The van der Waals surface area contributed by atoms with Crippen LogP contribution in [-0.2, 0) is 18.0 Å². The number of ether oxygens (including phenoxy) is 2. The molecule has 0 spiro atoms. The van der Waals surface area contributed by atoms with Crippen molar-refractivity contribution in [3.8, 4) is 5.75 Å². The fourth-order valence-electron chi connectivity index (χ4n) is 2.37. The van der Waals surface area contributed by atoms with E-state index in [0.29, 0.717) is 30.9 Å². The van der Waals surface area contributed by atoms with Crippen LogP contribution < -0.4 is 4.74 Å². The second-order valence-corrected chi connectivity index (χ2v) is 4.77. The number of fused-ring (bicyclic) bond motifs is 1. The summed E-state index contributed by atoms with van der Waals surface area (Å²) in [5.74, 6) is 0.740. The normalized spacial score (nSPS) is 13.1. The lowest BCUT2D eigenvalue weighted by Gasteiger charge is -2.06. The Labute approximate surface area is 118 Å². The molecular formula is C17H16O3. The Balaban J connectivity index is 1.90. The van der Waals surface area contributed by atoms with Crippen molar-refractivity contribution >= 4 is 5.78 Å². The van der Waals surface area contributed by atoms with Crippen LogP contribution in [0.3, 0.4) is 0 Å². The molecule has 3 heteroatoms. The maximum Gasteiger partial charge on any atom is 0.193 e. The van der Waals surface area contributed by atoms with Crippen LogP contribution in [0.2, 0.25) is 0 Å². The van der Waals surface area contributed by atoms with Gasteiger partial charge in [0.1, 0.15) is 5.75 Å². The quantitative estimate of drug-likeness (QED) is 0.798. The topological polar surface area (TPSA) is 35.5 Å². The number of carbonyl (C=O) groups is 1. The second kappa shape index (κ2) is 5.47. The average molecular weight is 268 g/mol. The van der Waals surface area contributed by atoms with E-state index in [9.17, 15) is 4.79 Å². The van der Waals surface area contributed by atoms with Crippen LogP contribution in [0.1, 0.15) is 34.0 Å². The van der Waals surface area contributed by atoms with Crippen molar-refractivity contribution in [1.29, 1.82) is 0 Å². The molecule has 20 heavy (non-hydrogen) atoms. The highest BCUT2D eigenvalue weighted by molar-refractivity contribution is 6.09. The Kier molecular flexibility index (Phi) is 3.52. The van der Waals surface area contributed by atoms with Gasteiger partial charge in [-0.3, -0.25) is 4.79 Å². The van der Waals surface area contributed by atoms with Crippen molar-refractivity contribution in [2.75, 3.05) is 6.61 Å². The smallest absolute Gasteiger partial charge is 0.193 e. The van der Waals surface area contributed by atoms with E-state index in [2.05, 4.69) is 0 Å². The Hall–Kier alpha value is -2.13. The Bertz CT molecular complexity index is 646. The first-order chi connectivity index (χ1) is 9.78. The minimum absolute atomic E-state index is 0.0150. The van der Waals surface area contributed by atoms with Gasteiger partial charge in [-0.15, -0.1) is 0 Å². The van der Waals surface area contributed by atoms with E-state index in [1.807, 2.05) is 43.3 Å². The summed E-state index contributed by atoms with van der Waals surface area (Å²) < 4.78 is 10.8. The summed E-state index contributed by atoms with van der Waals surface area (Å²) in [5, 5.41) is 0. The Morgan fingerprint density at radius 1 is 1.10 bits per heavy atom. The van der Waals surface area contributed by atoms with Crippen LogP contribution in [0.25, 0.3) is 0 Å². The van der Waals surface area contributed by atoms with Gasteiger partial charge in [-0.2, -0.15) is 0 Å². The zero-order valence-electron chi connectivity index (χ0n) is 11.4. The summed E-state index contributed by atoms with van der Waals surface area (Å²) in [6, 6.07) is 13.1. The van der Waals surface area contributed by atoms with Gasteiger partial charge in [0, 0.05) is 11.1 Å². The largest absolute Gasteiger partial charge is 0.494 e. The molecular weight excluding hydrogens is 252 g/mol. The number of hydrogen-bond acceptors (Lipinski definition) is 3. The molecule has 0 saturated heterocycles. The van der Waals surface area contributed by atoms with Gasteiger partial charge in [0.2, 0.25) is 0 Å². The van der Waals surface area contributed by atoms with Crippen LogP contribution in [0.15, 0.2) is 42.5 Å². The lowest BCUT2D eigenvalue weighted by molar-refractivity contribution is 0.103. The maximum atomic E-state index is 12.5. The van der Waals surface area contributed by atoms with Crippen molar-refractivity contribution in [2.45, 2.75) is 20.1 Å². The van der Waals surface area contributed by atoms with E-state index in [1.54, 1.807) is 6.07 Å². The van der Waals surface area contributed by atoms with Gasteiger partial charge in [-0.25, -0.2) is 0 Å². The van der Waals surface area contributed by atoms with Crippen LogP contribution in [-0.4, -0.2) is 12.4 Å². The van der Waals surface area contributed by atoms with E-state index in [-0.39, 0.29) is 5.78 Å². The number of hydrogen-bond donors (Lipinski definition) is 0. The van der Waals surface area contributed by atoms with Crippen molar-refractivity contribution < 1.29 is 14.3 Å². The molecule has 0 fully saturated rings. The third-order valence-electron chi connectivity index (χ3n) is 3.39.